The van der Waals surface area contributed by atoms with Gasteiger partial charge in [-0.2, -0.15) is 0 Å². The molecular weight excluding hydrogens is 319 g/mol. The Kier molecular flexibility index (Phi) is 4.17. The lowest BCUT2D eigenvalue weighted by Crippen LogP contribution is -2.51. The molecule has 2 N–H and O–H groups in total. The number of para-hydroxylation sites is 1. The number of piperazine rings is 1. The number of anilines is 1. The van der Waals surface area contributed by atoms with Crippen molar-refractivity contribution in [3.05, 3.63) is 59.9 Å². The third kappa shape index (κ3) is 3.24. The Hall–Kier alpha value is -2.76. The average Bonchev–Trinajstić information content (AvgIpc) is 3.06. The molecule has 1 saturated heterocycles. The molecule has 25 heavy (non-hydrogen) atoms. The second kappa shape index (κ2) is 6.63. The van der Waals surface area contributed by atoms with E-state index in [2.05, 4.69) is 14.8 Å². The lowest BCUT2D eigenvalue weighted by atomic mass is 10.1. The van der Waals surface area contributed by atoms with Crippen molar-refractivity contribution in [3.63, 3.8) is 0 Å². The Morgan fingerprint density at radius 1 is 1.04 bits per heavy atom. The third-order valence-electron chi connectivity index (χ3n) is 4.76. The molecule has 0 bridgehead atoms. The van der Waals surface area contributed by atoms with Crippen molar-refractivity contribution in [2.75, 3.05) is 37.7 Å². The van der Waals surface area contributed by atoms with E-state index in [-0.39, 0.29) is 11.9 Å². The predicted molar refractivity (Wildman–Crippen MR) is 96.5 cm³/mol. The minimum Gasteiger partial charge on any atom is -0.491 e. The summed E-state index contributed by atoms with van der Waals surface area (Å²) in [4.78, 5) is 9.01. The van der Waals surface area contributed by atoms with Crippen LogP contribution in [0.15, 0.2) is 53.5 Å². The van der Waals surface area contributed by atoms with Gasteiger partial charge in [0, 0.05) is 37.4 Å². The number of nitrogens with two attached hydrogens (primary N) is 1. The molecule has 130 valence electrons. The van der Waals surface area contributed by atoms with Crippen LogP contribution in [0.4, 0.5) is 10.1 Å². The van der Waals surface area contributed by atoms with Gasteiger partial charge in [0.15, 0.2) is 5.96 Å². The second-order valence-corrected chi connectivity index (χ2v) is 6.30. The number of rotatable bonds is 2. The number of aliphatic imine (C=N–C) groups is 1. The van der Waals surface area contributed by atoms with Crippen LogP contribution in [0, 0.1) is 5.82 Å². The number of hydrogen-bond acceptors (Lipinski definition) is 3. The van der Waals surface area contributed by atoms with E-state index in [0.29, 0.717) is 12.6 Å². The van der Waals surface area contributed by atoms with E-state index in [4.69, 9.17) is 10.5 Å². The summed E-state index contributed by atoms with van der Waals surface area (Å²) in [7, 11) is 0. The Balaban J connectivity index is 1.40. The van der Waals surface area contributed by atoms with Crippen LogP contribution < -0.4 is 15.4 Å². The molecule has 0 radical (unpaired) electrons. The van der Waals surface area contributed by atoms with Crippen LogP contribution in [-0.2, 0) is 0 Å². The molecule has 0 aliphatic carbocycles. The van der Waals surface area contributed by atoms with E-state index in [1.807, 2.05) is 36.4 Å². The van der Waals surface area contributed by atoms with Crippen molar-refractivity contribution < 1.29 is 9.13 Å². The number of hydrogen-bond donors (Lipinski definition) is 1. The molecule has 2 aromatic rings. The van der Waals surface area contributed by atoms with E-state index in [1.165, 1.54) is 12.1 Å². The topological polar surface area (TPSA) is 54.1 Å². The summed E-state index contributed by atoms with van der Waals surface area (Å²) in [6.45, 7) is 3.79. The van der Waals surface area contributed by atoms with Crippen molar-refractivity contribution in [1.82, 2.24) is 4.90 Å². The highest BCUT2D eigenvalue weighted by molar-refractivity contribution is 5.79. The van der Waals surface area contributed by atoms with Gasteiger partial charge >= 0.3 is 0 Å². The molecule has 1 unspecified atom stereocenters. The number of nitrogens with zero attached hydrogens (tertiary/aromatic N) is 3. The van der Waals surface area contributed by atoms with Gasteiger partial charge in [0.05, 0.1) is 0 Å². The van der Waals surface area contributed by atoms with E-state index in [0.717, 1.165) is 43.2 Å². The highest BCUT2D eigenvalue weighted by Gasteiger charge is 2.25. The van der Waals surface area contributed by atoms with Crippen LogP contribution >= 0.6 is 0 Å². The Morgan fingerprint density at radius 3 is 2.52 bits per heavy atom. The summed E-state index contributed by atoms with van der Waals surface area (Å²) in [6.07, 6.45) is 0. The smallest absolute Gasteiger partial charge is 0.192 e. The van der Waals surface area contributed by atoms with E-state index in [9.17, 15) is 4.39 Å². The summed E-state index contributed by atoms with van der Waals surface area (Å²) in [5, 5.41) is 0. The summed E-state index contributed by atoms with van der Waals surface area (Å²) in [6, 6.07) is 14.5. The molecule has 0 spiro atoms. The van der Waals surface area contributed by atoms with Crippen LogP contribution in [0.3, 0.4) is 0 Å². The van der Waals surface area contributed by atoms with Crippen LogP contribution in [-0.4, -0.2) is 43.6 Å². The summed E-state index contributed by atoms with van der Waals surface area (Å²) in [5.74, 6) is 1.24. The van der Waals surface area contributed by atoms with Gasteiger partial charge in [-0.25, -0.2) is 9.38 Å². The molecule has 2 aromatic carbocycles. The van der Waals surface area contributed by atoms with Crippen LogP contribution in [0.25, 0.3) is 0 Å². The third-order valence-corrected chi connectivity index (χ3v) is 4.76. The number of guanidine groups is 1. The zero-order valence-electron chi connectivity index (χ0n) is 13.9. The molecule has 5 nitrogen and oxygen atoms in total. The molecule has 2 heterocycles. The fraction of sp³-hybridized carbons (Fsp3) is 0.316. The largest absolute Gasteiger partial charge is 0.491 e. The molecule has 0 saturated carbocycles. The SMILES string of the molecule is NC(=NC1COc2ccccc21)N1CCN(c2ccc(F)cc2)CC1. The first-order chi connectivity index (χ1) is 12.2. The Labute approximate surface area is 146 Å². The van der Waals surface area contributed by atoms with Gasteiger partial charge in [0.25, 0.3) is 0 Å². The number of benzene rings is 2. The maximum absolute atomic E-state index is 13.1. The summed E-state index contributed by atoms with van der Waals surface area (Å²) >= 11 is 0. The zero-order chi connectivity index (χ0) is 17.2. The number of ether oxygens (including phenoxy) is 1. The highest BCUT2D eigenvalue weighted by atomic mass is 19.1. The first-order valence-electron chi connectivity index (χ1n) is 8.51. The number of halogens is 1. The van der Waals surface area contributed by atoms with Gasteiger partial charge in [-0.15, -0.1) is 0 Å². The normalized spacial score (nSPS) is 20.4. The van der Waals surface area contributed by atoms with Crippen molar-refractivity contribution in [3.8, 4) is 5.75 Å². The van der Waals surface area contributed by atoms with Gasteiger partial charge in [-0.1, -0.05) is 18.2 Å². The number of fused-ring (bicyclic) bond motifs is 1. The van der Waals surface area contributed by atoms with Gasteiger partial charge in [-0.3, -0.25) is 0 Å². The standard InChI is InChI=1S/C19H21FN4O/c20-14-5-7-15(8-6-14)23-9-11-24(12-10-23)19(21)22-17-13-25-18-4-2-1-3-16(17)18/h1-8,17H,9-13H2,(H2,21,22). The minimum atomic E-state index is -0.210. The van der Waals surface area contributed by atoms with Gasteiger partial charge in [0.1, 0.15) is 24.2 Å². The molecule has 0 aromatic heterocycles. The van der Waals surface area contributed by atoms with Crippen molar-refractivity contribution in [2.45, 2.75) is 6.04 Å². The van der Waals surface area contributed by atoms with Crippen LogP contribution in [0.2, 0.25) is 0 Å². The second-order valence-electron chi connectivity index (χ2n) is 6.30. The van der Waals surface area contributed by atoms with Gasteiger partial charge in [0.2, 0.25) is 0 Å². The van der Waals surface area contributed by atoms with Crippen molar-refractivity contribution >= 4 is 11.6 Å². The van der Waals surface area contributed by atoms with E-state index >= 15 is 0 Å². The van der Waals surface area contributed by atoms with Crippen molar-refractivity contribution in [2.24, 2.45) is 10.7 Å². The fourth-order valence-electron chi connectivity index (χ4n) is 3.34. The molecule has 1 atom stereocenters. The fourth-order valence-corrected chi connectivity index (χ4v) is 3.34. The van der Waals surface area contributed by atoms with E-state index < -0.39 is 0 Å². The molecule has 4 rings (SSSR count). The Bertz CT molecular complexity index is 769. The first-order valence-corrected chi connectivity index (χ1v) is 8.51. The maximum Gasteiger partial charge on any atom is 0.192 e. The van der Waals surface area contributed by atoms with Gasteiger partial charge < -0.3 is 20.3 Å². The Morgan fingerprint density at radius 2 is 1.76 bits per heavy atom. The quantitative estimate of drug-likeness (QED) is 0.674. The lowest BCUT2D eigenvalue weighted by Gasteiger charge is -2.36. The summed E-state index contributed by atoms with van der Waals surface area (Å²) < 4.78 is 18.7. The van der Waals surface area contributed by atoms with E-state index in [1.54, 1.807) is 0 Å². The molecule has 0 amide bonds. The monoisotopic (exact) mass is 340 g/mol. The minimum absolute atomic E-state index is 0.0358. The highest BCUT2D eigenvalue weighted by Crippen LogP contribution is 2.34. The first kappa shape index (κ1) is 15.7. The molecule has 1 fully saturated rings. The van der Waals surface area contributed by atoms with Crippen molar-refractivity contribution in [1.29, 1.82) is 0 Å². The maximum atomic E-state index is 13.1. The zero-order valence-corrected chi connectivity index (χ0v) is 13.9. The molecular formula is C19H21FN4O. The van der Waals surface area contributed by atoms with Gasteiger partial charge in [-0.05, 0) is 30.3 Å². The lowest BCUT2D eigenvalue weighted by molar-refractivity contribution is 0.329. The van der Waals surface area contributed by atoms with Crippen LogP contribution in [0.1, 0.15) is 11.6 Å². The molecule has 2 aliphatic rings. The predicted octanol–water partition coefficient (Wildman–Crippen LogP) is 2.40. The summed E-state index contributed by atoms with van der Waals surface area (Å²) in [5.41, 5.74) is 8.37. The average molecular weight is 340 g/mol. The molecule has 6 heteroatoms. The molecule has 2 aliphatic heterocycles. The van der Waals surface area contributed by atoms with Crippen LogP contribution in [0.5, 0.6) is 5.75 Å².